The number of hydrogen-bond acceptors (Lipinski definition) is 2. The highest BCUT2D eigenvalue weighted by atomic mass is 127. The minimum atomic E-state index is 0. The maximum absolute atomic E-state index is 5.51. The number of aryl methyl sites for hydroxylation is 2. The molecule has 26 heavy (non-hydrogen) atoms. The predicted octanol–water partition coefficient (Wildman–Crippen LogP) is 0.822. The molecule has 0 unspecified atom stereocenters. The van der Waals surface area contributed by atoms with Crippen LogP contribution in [-0.4, -0.2) is 11.4 Å². The van der Waals surface area contributed by atoms with Gasteiger partial charge in [-0.3, -0.25) is 0 Å². The Hall–Kier alpha value is -2.28. The molecule has 0 saturated carbocycles. The molecule has 5 heteroatoms. The molecule has 134 valence electrons. The second-order valence-corrected chi connectivity index (χ2v) is 6.27. The number of aromatic nitrogens is 2. The lowest BCUT2D eigenvalue weighted by Gasteiger charge is -2.10. The summed E-state index contributed by atoms with van der Waals surface area (Å²) in [6.45, 7) is 4.56. The van der Waals surface area contributed by atoms with Crippen LogP contribution in [0.1, 0.15) is 22.6 Å². The largest absolute Gasteiger partial charge is 1.00 e. The van der Waals surface area contributed by atoms with E-state index >= 15 is 0 Å². The standard InChI is InChI=1S/C21H21N2O2.HI/c1-15-12-17(7-8-18-6-4-5-11-22(18)3)16(2)23(15)19-9-10-20-21(13-19)25-14-24-20;/h4-13H,14H2,1-3H3;1H/q+1;/p-1. The average Bonchev–Trinajstić information content (AvgIpc) is 3.18. The van der Waals surface area contributed by atoms with Crippen molar-refractivity contribution in [2.75, 3.05) is 6.79 Å². The molecule has 0 saturated heterocycles. The molecule has 2 aromatic heterocycles. The van der Waals surface area contributed by atoms with Crippen molar-refractivity contribution in [3.8, 4) is 17.2 Å². The van der Waals surface area contributed by atoms with Crippen LogP contribution in [0.2, 0.25) is 0 Å². The van der Waals surface area contributed by atoms with E-state index in [-0.39, 0.29) is 24.0 Å². The van der Waals surface area contributed by atoms with Crippen molar-refractivity contribution in [3.05, 3.63) is 71.3 Å². The number of rotatable bonds is 3. The summed E-state index contributed by atoms with van der Waals surface area (Å²) in [5, 5.41) is 0. The van der Waals surface area contributed by atoms with Gasteiger partial charge < -0.3 is 38.0 Å². The highest BCUT2D eigenvalue weighted by molar-refractivity contribution is 5.69. The second-order valence-electron chi connectivity index (χ2n) is 6.27. The Morgan fingerprint density at radius 3 is 2.62 bits per heavy atom. The van der Waals surface area contributed by atoms with Crippen molar-refractivity contribution in [3.63, 3.8) is 0 Å². The van der Waals surface area contributed by atoms with Crippen LogP contribution in [0.25, 0.3) is 17.8 Å². The molecule has 0 aliphatic carbocycles. The average molecular weight is 460 g/mol. The van der Waals surface area contributed by atoms with Crippen LogP contribution in [0.4, 0.5) is 0 Å². The molecular weight excluding hydrogens is 439 g/mol. The lowest BCUT2D eigenvalue weighted by molar-refractivity contribution is -0.673. The Morgan fingerprint density at radius 1 is 1.00 bits per heavy atom. The van der Waals surface area contributed by atoms with Gasteiger partial charge in [0.2, 0.25) is 12.5 Å². The molecule has 1 aliphatic heterocycles. The van der Waals surface area contributed by atoms with Gasteiger partial charge in [0.1, 0.15) is 7.05 Å². The number of pyridine rings is 1. The zero-order valence-corrected chi connectivity index (χ0v) is 17.2. The molecule has 3 heterocycles. The van der Waals surface area contributed by atoms with Gasteiger partial charge in [-0.15, -0.1) is 0 Å². The summed E-state index contributed by atoms with van der Waals surface area (Å²) >= 11 is 0. The van der Waals surface area contributed by atoms with E-state index in [1.54, 1.807) is 0 Å². The van der Waals surface area contributed by atoms with Gasteiger partial charge in [-0.05, 0) is 49.8 Å². The summed E-state index contributed by atoms with van der Waals surface area (Å²) in [4.78, 5) is 0. The predicted molar refractivity (Wildman–Crippen MR) is 97.9 cm³/mol. The van der Waals surface area contributed by atoms with E-state index in [9.17, 15) is 0 Å². The summed E-state index contributed by atoms with van der Waals surface area (Å²) in [6.07, 6.45) is 6.36. The molecule has 1 aliphatic rings. The zero-order valence-electron chi connectivity index (χ0n) is 15.1. The van der Waals surface area contributed by atoms with Crippen LogP contribution in [-0.2, 0) is 7.05 Å². The molecule has 0 amide bonds. The smallest absolute Gasteiger partial charge is 0.231 e. The van der Waals surface area contributed by atoms with Crippen LogP contribution in [0, 0.1) is 13.8 Å². The first-order chi connectivity index (χ1) is 12.1. The maximum atomic E-state index is 5.51. The van der Waals surface area contributed by atoms with Gasteiger partial charge in [-0.2, -0.15) is 0 Å². The Kier molecular flexibility index (Phi) is 5.36. The molecule has 0 N–H and O–H groups in total. The number of halogens is 1. The fourth-order valence-corrected chi connectivity index (χ4v) is 3.26. The SMILES string of the molecule is Cc1cc(/C=C/c2cccc[n+]2C)c(C)n1-c1ccc2c(c1)OCO2.[I-]. The molecule has 0 fully saturated rings. The first kappa shape index (κ1) is 18.5. The van der Waals surface area contributed by atoms with Gasteiger partial charge in [0.15, 0.2) is 17.7 Å². The molecule has 4 nitrogen and oxygen atoms in total. The van der Waals surface area contributed by atoms with E-state index < -0.39 is 0 Å². The van der Waals surface area contributed by atoms with Gasteiger partial charge in [0, 0.05) is 41.4 Å². The second kappa shape index (κ2) is 7.53. The first-order valence-electron chi connectivity index (χ1n) is 8.35. The van der Waals surface area contributed by atoms with E-state index in [4.69, 9.17) is 9.47 Å². The third-order valence-corrected chi connectivity index (χ3v) is 4.61. The lowest BCUT2D eigenvalue weighted by Crippen LogP contribution is -3.00. The van der Waals surface area contributed by atoms with Crippen LogP contribution < -0.4 is 38.0 Å². The molecule has 3 aromatic rings. The maximum Gasteiger partial charge on any atom is 0.231 e. The van der Waals surface area contributed by atoms with Gasteiger partial charge in [-0.25, -0.2) is 4.57 Å². The van der Waals surface area contributed by atoms with Crippen molar-refractivity contribution in [2.24, 2.45) is 7.05 Å². The van der Waals surface area contributed by atoms with E-state index in [0.717, 1.165) is 22.9 Å². The third kappa shape index (κ3) is 3.35. The monoisotopic (exact) mass is 460 g/mol. The molecule has 0 spiro atoms. The summed E-state index contributed by atoms with van der Waals surface area (Å²) in [6, 6.07) is 14.5. The fraction of sp³-hybridized carbons (Fsp3) is 0.190. The highest BCUT2D eigenvalue weighted by Crippen LogP contribution is 2.35. The molecule has 0 bridgehead atoms. The summed E-state index contributed by atoms with van der Waals surface area (Å²) < 4.78 is 15.3. The van der Waals surface area contributed by atoms with E-state index in [2.05, 4.69) is 72.6 Å². The Morgan fingerprint density at radius 2 is 1.81 bits per heavy atom. The quantitative estimate of drug-likeness (QED) is 0.428. The zero-order chi connectivity index (χ0) is 17.4. The Balaban J connectivity index is 0.00000196. The van der Waals surface area contributed by atoms with Crippen molar-refractivity contribution in [1.82, 2.24) is 4.57 Å². The number of ether oxygens (including phenoxy) is 2. The van der Waals surface area contributed by atoms with E-state index in [1.807, 2.05) is 18.2 Å². The molecule has 0 radical (unpaired) electrons. The molecule has 0 atom stereocenters. The number of nitrogens with zero attached hydrogens (tertiary/aromatic N) is 2. The lowest BCUT2D eigenvalue weighted by atomic mass is 10.2. The fourth-order valence-electron chi connectivity index (χ4n) is 3.26. The van der Waals surface area contributed by atoms with Crippen LogP contribution in [0.5, 0.6) is 11.5 Å². The van der Waals surface area contributed by atoms with Crippen molar-refractivity contribution >= 4 is 12.2 Å². The summed E-state index contributed by atoms with van der Waals surface area (Å²) in [7, 11) is 2.05. The van der Waals surface area contributed by atoms with Crippen LogP contribution in [0.15, 0.2) is 48.7 Å². The number of benzene rings is 1. The first-order valence-corrected chi connectivity index (χ1v) is 8.35. The molecule has 4 rings (SSSR count). The number of hydrogen-bond donors (Lipinski definition) is 0. The van der Waals surface area contributed by atoms with Gasteiger partial charge in [0.25, 0.3) is 0 Å². The van der Waals surface area contributed by atoms with Crippen LogP contribution in [0.3, 0.4) is 0 Å². The van der Waals surface area contributed by atoms with Gasteiger partial charge >= 0.3 is 0 Å². The highest BCUT2D eigenvalue weighted by Gasteiger charge is 2.16. The number of fused-ring (bicyclic) bond motifs is 1. The van der Waals surface area contributed by atoms with E-state index in [1.165, 1.54) is 17.0 Å². The Bertz CT molecular complexity index is 976. The summed E-state index contributed by atoms with van der Waals surface area (Å²) in [5.74, 6) is 1.61. The Labute approximate surface area is 170 Å². The minimum Gasteiger partial charge on any atom is -1.00 e. The minimum absolute atomic E-state index is 0. The van der Waals surface area contributed by atoms with Crippen LogP contribution >= 0.6 is 0 Å². The normalized spacial score (nSPS) is 12.4. The van der Waals surface area contributed by atoms with E-state index in [0.29, 0.717) is 6.79 Å². The summed E-state index contributed by atoms with van der Waals surface area (Å²) in [5.41, 5.74) is 5.85. The van der Waals surface area contributed by atoms with Gasteiger partial charge in [0.05, 0.1) is 0 Å². The van der Waals surface area contributed by atoms with Gasteiger partial charge in [-0.1, -0.05) is 0 Å². The van der Waals surface area contributed by atoms with Crippen molar-refractivity contribution in [1.29, 1.82) is 0 Å². The molecule has 1 aromatic carbocycles. The molecular formula is C21H21IN2O2. The topological polar surface area (TPSA) is 27.3 Å². The third-order valence-electron chi connectivity index (χ3n) is 4.61. The van der Waals surface area contributed by atoms with Crippen molar-refractivity contribution in [2.45, 2.75) is 13.8 Å². The van der Waals surface area contributed by atoms with Crippen molar-refractivity contribution < 1.29 is 38.0 Å².